The fraction of sp³-hybridized carbons (Fsp3) is 0.479. The topological polar surface area (TPSA) is 175 Å². The van der Waals surface area contributed by atoms with E-state index >= 15 is 0 Å². The molecule has 5 heterocycles. The molecule has 0 saturated carbocycles. The van der Waals surface area contributed by atoms with Gasteiger partial charge in [-0.15, -0.1) is 22.7 Å². The zero-order valence-corrected chi connectivity index (χ0v) is 43.5. The van der Waals surface area contributed by atoms with Crippen molar-refractivity contribution < 1.29 is 26.4 Å². The van der Waals surface area contributed by atoms with Gasteiger partial charge in [-0.2, -0.15) is 8.61 Å². The first kappa shape index (κ1) is 53.7. The lowest BCUT2D eigenvalue weighted by atomic mass is 9.98. The molecule has 2 saturated heterocycles. The summed E-state index contributed by atoms with van der Waals surface area (Å²) in [7, 11) is -7.04. The number of nitrogens with one attached hydrogen (secondary N) is 4. The number of sulfonamides is 2. The summed E-state index contributed by atoms with van der Waals surface area (Å²) in [6.07, 6.45) is 14.7. The second-order valence-electron chi connectivity index (χ2n) is 17.1. The average molecular weight is 1050 g/mol. The number of nitrogens with zero attached hydrogens (tertiary/aromatic N) is 4. The number of aromatic nitrogens is 2. The number of rotatable bonds is 22. The Labute approximate surface area is 420 Å². The summed E-state index contributed by atoms with van der Waals surface area (Å²) in [5, 5.41) is 14.0. The first-order chi connectivity index (χ1) is 32.7. The van der Waals surface area contributed by atoms with Crippen LogP contribution in [0, 0.1) is 5.92 Å². The van der Waals surface area contributed by atoms with Crippen LogP contribution in [-0.4, -0.2) is 98.2 Å². The summed E-state index contributed by atoms with van der Waals surface area (Å²) in [5.41, 5.74) is 1.02. The predicted octanol–water partition coefficient (Wildman–Crippen LogP) is 8.65. The number of unbranched alkanes of at least 4 members (excludes halogenated alkanes) is 1. The van der Waals surface area contributed by atoms with Gasteiger partial charge < -0.3 is 25.8 Å². The highest BCUT2D eigenvalue weighted by Crippen LogP contribution is 2.29. The Kier molecular flexibility index (Phi) is 20.9. The predicted molar refractivity (Wildman–Crippen MR) is 274 cm³/mol. The fourth-order valence-corrected chi connectivity index (χ4v) is 14.1. The lowest BCUT2D eigenvalue weighted by molar-refractivity contribution is 0.0943. The van der Waals surface area contributed by atoms with Gasteiger partial charge in [0.05, 0.1) is 19.4 Å². The van der Waals surface area contributed by atoms with Crippen LogP contribution >= 0.6 is 45.9 Å². The van der Waals surface area contributed by atoms with Crippen LogP contribution in [0.3, 0.4) is 0 Å². The molecule has 0 radical (unpaired) electrons. The van der Waals surface area contributed by atoms with Crippen molar-refractivity contribution in [1.29, 1.82) is 0 Å². The maximum absolute atomic E-state index is 13.1. The van der Waals surface area contributed by atoms with Crippen molar-refractivity contribution in [3.63, 3.8) is 0 Å². The molecular formula is C48H64Cl2N8O6S4. The quantitative estimate of drug-likeness (QED) is 0.0495. The van der Waals surface area contributed by atoms with E-state index in [1.54, 1.807) is 87.6 Å². The van der Waals surface area contributed by atoms with Crippen LogP contribution in [0.15, 0.2) is 99.9 Å². The maximum Gasteiger partial charge on any atom is 0.252 e. The maximum atomic E-state index is 13.1. The third kappa shape index (κ3) is 15.9. The molecule has 2 aromatic carbocycles. The number of halogens is 2. The standard InChI is InChI=1S/C25H36ClN3O3S2.C23H28ClN5O3S2/c1-3-5-6-19(4-2)17-27-22-13-15-29(16-14-22)34(31,32)24-12-11-23(33-24)18-28-25(30)20-7-9-21(26)10-8-20;24-19-4-2-18(3-5-19)23(30)27-16-21-6-7-22(33-21)34(31,32)29-13-8-20(9-14-29)26-10-1-12-28-15-11-25-17-28/h7-12,19,22,27H,3-6,13-18H2,1-2H3,(H,28,30);2-7,11,15,17,20,26H,1,8-10,12-14,16H2,(H,27,30). The van der Waals surface area contributed by atoms with Crippen LogP contribution in [-0.2, 0) is 39.7 Å². The number of hydrogen-bond acceptors (Lipinski definition) is 11. The van der Waals surface area contributed by atoms with Gasteiger partial charge in [-0.25, -0.2) is 21.8 Å². The molecule has 2 fully saturated rings. The van der Waals surface area contributed by atoms with E-state index in [-0.39, 0.29) is 24.9 Å². The van der Waals surface area contributed by atoms with Crippen molar-refractivity contribution in [3.05, 3.63) is 122 Å². The van der Waals surface area contributed by atoms with E-state index in [9.17, 15) is 26.4 Å². The summed E-state index contributed by atoms with van der Waals surface area (Å²) in [4.78, 5) is 30.2. The van der Waals surface area contributed by atoms with Crippen LogP contribution in [0.25, 0.3) is 0 Å². The Morgan fingerprint density at radius 2 is 1.18 bits per heavy atom. The molecule has 370 valence electrons. The van der Waals surface area contributed by atoms with Crippen LogP contribution in [0.2, 0.25) is 10.0 Å². The molecule has 2 amide bonds. The van der Waals surface area contributed by atoms with E-state index in [1.807, 2.05) is 12.5 Å². The summed E-state index contributed by atoms with van der Waals surface area (Å²) in [6.45, 7) is 9.93. The molecule has 1 atom stereocenters. The number of hydrogen-bond donors (Lipinski definition) is 4. The molecule has 68 heavy (non-hydrogen) atoms. The van der Waals surface area contributed by atoms with Gasteiger partial charge >= 0.3 is 0 Å². The molecule has 3 aromatic heterocycles. The van der Waals surface area contributed by atoms with Gasteiger partial charge in [-0.3, -0.25) is 9.59 Å². The Hall–Kier alpha value is -3.69. The second-order valence-corrected chi connectivity index (χ2v) is 24.6. The van der Waals surface area contributed by atoms with Crippen LogP contribution in [0.5, 0.6) is 0 Å². The minimum atomic E-state index is -3.53. The Morgan fingerprint density at radius 3 is 1.62 bits per heavy atom. The Morgan fingerprint density at radius 1 is 0.691 bits per heavy atom. The largest absolute Gasteiger partial charge is 0.347 e. The Balaban J connectivity index is 0.000000224. The van der Waals surface area contributed by atoms with Gasteiger partial charge in [-0.05, 0) is 130 Å². The van der Waals surface area contributed by atoms with E-state index in [2.05, 4.69) is 44.7 Å². The number of amides is 2. The van der Waals surface area contributed by atoms with Crippen molar-refractivity contribution in [2.75, 3.05) is 39.3 Å². The van der Waals surface area contributed by atoms with Crippen LogP contribution in [0.4, 0.5) is 0 Å². The zero-order chi connectivity index (χ0) is 48.5. The summed E-state index contributed by atoms with van der Waals surface area (Å²) >= 11 is 14.1. The average Bonchev–Trinajstić information content (AvgIpc) is 4.17. The highest BCUT2D eigenvalue weighted by atomic mass is 35.5. The lowest BCUT2D eigenvalue weighted by Crippen LogP contribution is -2.45. The molecule has 7 rings (SSSR count). The zero-order valence-electron chi connectivity index (χ0n) is 38.7. The fourth-order valence-electron chi connectivity index (χ4n) is 8.04. The van der Waals surface area contributed by atoms with Gasteiger partial charge in [-0.1, -0.05) is 56.3 Å². The van der Waals surface area contributed by atoms with Crippen molar-refractivity contribution in [1.82, 2.24) is 39.4 Å². The van der Waals surface area contributed by atoms with E-state index in [4.69, 9.17) is 23.2 Å². The third-order valence-electron chi connectivity index (χ3n) is 12.3. The SMILES string of the molecule is CCCCC(CC)CNC1CCN(S(=O)(=O)c2ccc(CNC(=O)c3ccc(Cl)cc3)s2)CC1.O=C(NCc1ccc(S(=O)(=O)N2CCC(NCCCn3ccnc3)CC2)s1)c1ccc(Cl)cc1. The van der Waals surface area contributed by atoms with E-state index in [1.165, 1.54) is 48.4 Å². The third-order valence-corrected chi connectivity index (χ3v) is 19.7. The molecule has 20 heteroatoms. The van der Waals surface area contributed by atoms with E-state index < -0.39 is 20.0 Å². The first-order valence-electron chi connectivity index (χ1n) is 23.4. The molecule has 2 aliphatic heterocycles. The van der Waals surface area contributed by atoms with Gasteiger partial charge in [0.15, 0.2) is 0 Å². The van der Waals surface area contributed by atoms with Gasteiger partial charge in [0.25, 0.3) is 31.9 Å². The summed E-state index contributed by atoms with van der Waals surface area (Å²) < 4.78 is 58.4. The molecule has 4 N–H and O–H groups in total. The minimum absolute atomic E-state index is 0.218. The highest BCUT2D eigenvalue weighted by Gasteiger charge is 2.32. The highest BCUT2D eigenvalue weighted by molar-refractivity contribution is 7.91. The minimum Gasteiger partial charge on any atom is -0.347 e. The molecule has 0 aliphatic carbocycles. The lowest BCUT2D eigenvalue weighted by Gasteiger charge is -2.32. The molecule has 0 spiro atoms. The van der Waals surface area contributed by atoms with Gasteiger partial charge in [0.2, 0.25) is 0 Å². The van der Waals surface area contributed by atoms with Gasteiger partial charge in [0, 0.05) is 88.1 Å². The number of thiophene rings is 2. The van der Waals surface area contributed by atoms with Crippen molar-refractivity contribution in [2.45, 2.75) is 112 Å². The molecule has 2 aliphatic rings. The normalized spacial score (nSPS) is 15.9. The number of carbonyl (C=O) groups is 2. The number of piperidine rings is 2. The molecule has 0 bridgehead atoms. The number of aryl methyl sites for hydroxylation is 1. The molecule has 14 nitrogen and oxygen atoms in total. The van der Waals surface area contributed by atoms with Crippen LogP contribution in [0.1, 0.15) is 102 Å². The van der Waals surface area contributed by atoms with Crippen molar-refractivity contribution in [2.24, 2.45) is 5.92 Å². The summed E-state index contributed by atoms with van der Waals surface area (Å²) in [6, 6.07) is 20.8. The van der Waals surface area contributed by atoms with Crippen molar-refractivity contribution in [3.8, 4) is 0 Å². The smallest absolute Gasteiger partial charge is 0.252 e. The summed E-state index contributed by atoms with van der Waals surface area (Å²) in [5.74, 6) is 0.254. The number of benzene rings is 2. The number of imidazole rings is 1. The van der Waals surface area contributed by atoms with Crippen molar-refractivity contribution >= 4 is 77.7 Å². The number of carbonyl (C=O) groups excluding carboxylic acids is 2. The second kappa shape index (κ2) is 26.5. The van der Waals surface area contributed by atoms with E-state index in [0.717, 1.165) is 61.5 Å². The molecular weight excluding hydrogens is 984 g/mol. The molecule has 5 aromatic rings. The Bertz CT molecular complexity index is 2540. The van der Waals surface area contributed by atoms with Crippen LogP contribution < -0.4 is 21.3 Å². The molecule has 1 unspecified atom stereocenters. The first-order valence-corrected chi connectivity index (χ1v) is 28.7. The van der Waals surface area contributed by atoms with E-state index in [0.29, 0.717) is 73.8 Å². The monoisotopic (exact) mass is 1050 g/mol. The van der Waals surface area contributed by atoms with Gasteiger partial charge in [0.1, 0.15) is 8.42 Å².